The minimum Gasteiger partial charge on any atom is -0.309 e. The first-order chi connectivity index (χ1) is 47.1. The summed E-state index contributed by atoms with van der Waals surface area (Å²) >= 11 is 0. The predicted octanol–water partition coefficient (Wildman–Crippen LogP) is 23.2. The van der Waals surface area contributed by atoms with E-state index >= 15 is 0 Å². The van der Waals surface area contributed by atoms with Crippen LogP contribution in [0, 0.1) is 0 Å². The number of aromatic nitrogens is 6. The van der Waals surface area contributed by atoms with Crippen molar-refractivity contribution >= 4 is 85.5 Å². The van der Waals surface area contributed by atoms with E-state index in [1.165, 1.54) is 60.7 Å². The van der Waals surface area contributed by atoms with Gasteiger partial charge in [0.15, 0.2) is 11.6 Å². The second kappa shape index (κ2) is 23.1. The van der Waals surface area contributed by atoms with Crippen LogP contribution in [0.4, 0.5) is 0 Å². The SMILES string of the molecule is c1ccc(-c2nc(-c3ccccc3)nc(-n3c4ccc(-n5c6ccccc6c6cc(S(c7ccccc7)(c7ccccc7)c7ccccc7)ccc65)cc4c4cc(-n5c6ccccc6c6cc(S(c7ccccc7)(c7ccccc7)c7ccccc7)ccc65)ccc43)n2)cc1. The predicted molar refractivity (Wildman–Crippen MR) is 394 cm³/mol. The first kappa shape index (κ1) is 56.0. The van der Waals surface area contributed by atoms with Gasteiger partial charge in [0.1, 0.15) is 0 Å². The fourth-order valence-corrected chi connectivity index (χ4v) is 22.4. The largest absolute Gasteiger partial charge is 0.309 e. The average molecular weight is 1250 g/mol. The quantitative estimate of drug-likeness (QED) is 0.116. The minimum atomic E-state index is -1.97. The Balaban J connectivity index is 0.882. The maximum atomic E-state index is 5.40. The van der Waals surface area contributed by atoms with Gasteiger partial charge in [0.25, 0.3) is 0 Å². The van der Waals surface area contributed by atoms with Crippen molar-refractivity contribution in [1.82, 2.24) is 28.7 Å². The number of hydrogen-bond acceptors (Lipinski definition) is 3. The molecule has 18 rings (SSSR count). The van der Waals surface area contributed by atoms with E-state index < -0.39 is 20.1 Å². The first-order valence-electron chi connectivity index (χ1n) is 32.1. The molecule has 0 aliphatic heterocycles. The van der Waals surface area contributed by atoms with Gasteiger partial charge in [-0.15, -0.1) is 20.1 Å². The van der Waals surface area contributed by atoms with Crippen LogP contribution < -0.4 is 0 Å². The molecule has 0 N–H and O–H groups in total. The van der Waals surface area contributed by atoms with E-state index in [9.17, 15) is 0 Å². The van der Waals surface area contributed by atoms with Crippen LogP contribution in [0.5, 0.6) is 0 Å². The summed E-state index contributed by atoms with van der Waals surface area (Å²) in [5, 5.41) is 6.89. The molecule has 95 heavy (non-hydrogen) atoms. The number of para-hydroxylation sites is 2. The second-order valence-electron chi connectivity index (χ2n) is 23.9. The Bertz CT molecular complexity index is 5330. The van der Waals surface area contributed by atoms with E-state index in [0.29, 0.717) is 17.6 Å². The van der Waals surface area contributed by atoms with E-state index in [1.54, 1.807) is 0 Å². The molecule has 0 fully saturated rings. The van der Waals surface area contributed by atoms with Gasteiger partial charge in [0, 0.05) is 94.0 Å². The van der Waals surface area contributed by atoms with Crippen molar-refractivity contribution in [3.05, 3.63) is 364 Å². The van der Waals surface area contributed by atoms with Crippen LogP contribution >= 0.6 is 20.1 Å². The molecule has 0 bridgehead atoms. The Kier molecular flexibility index (Phi) is 13.6. The molecule has 0 aliphatic rings. The standard InChI is InChI=1S/C87H60N6S2/c1-9-29-61(30-10-1)85-88-86(62-31-11-2-12-32-62)90-87(89-85)93-83-53-49-63(91-79-47-27-25-45-73(79)77-59-71(51-55-81(77)91)94(65-33-13-3-14-34-65,66-35-15-4-16-36-66)67-37-17-5-18-38-67)57-75(83)76-58-64(50-54-84(76)93)92-80-48-28-26-46-74(80)78-60-72(52-56-82(78)92)95(68-39-19-6-20-40-68,69-41-21-7-22-42-69)70-43-23-8-24-44-70/h1-60H. The van der Waals surface area contributed by atoms with Gasteiger partial charge in [-0.2, -0.15) is 9.97 Å². The Morgan fingerprint density at radius 1 is 0.189 bits per heavy atom. The average Bonchev–Trinajstić information content (AvgIpc) is 1.33. The number of fused-ring (bicyclic) bond motifs is 9. The molecule has 14 aromatic carbocycles. The summed E-state index contributed by atoms with van der Waals surface area (Å²) in [5.74, 6) is 1.74. The Hall–Kier alpha value is -11.8. The maximum Gasteiger partial charge on any atom is 0.238 e. The fourth-order valence-electron chi connectivity index (χ4n) is 14.6. The maximum absolute atomic E-state index is 5.40. The molecule has 0 radical (unpaired) electrons. The number of rotatable bonds is 13. The van der Waals surface area contributed by atoms with Crippen molar-refractivity contribution in [2.75, 3.05) is 0 Å². The molecule has 0 atom stereocenters. The third-order valence-electron chi connectivity index (χ3n) is 18.7. The monoisotopic (exact) mass is 1250 g/mol. The topological polar surface area (TPSA) is 53.5 Å². The van der Waals surface area contributed by atoms with E-state index in [1.807, 2.05) is 36.4 Å². The molecular weight excluding hydrogens is 1190 g/mol. The summed E-state index contributed by atoms with van der Waals surface area (Å²) in [7, 11) is -3.94. The lowest BCUT2D eigenvalue weighted by molar-refractivity contribution is 0.953. The zero-order valence-electron chi connectivity index (χ0n) is 51.6. The molecular formula is C87H60N6S2. The molecule has 0 unspecified atom stereocenters. The van der Waals surface area contributed by atoms with E-state index in [2.05, 4.69) is 341 Å². The van der Waals surface area contributed by atoms with Crippen molar-refractivity contribution in [2.24, 2.45) is 0 Å². The lowest BCUT2D eigenvalue weighted by Gasteiger charge is -2.42. The van der Waals surface area contributed by atoms with Gasteiger partial charge >= 0.3 is 0 Å². The van der Waals surface area contributed by atoms with Crippen LogP contribution in [0.3, 0.4) is 0 Å². The summed E-state index contributed by atoms with van der Waals surface area (Å²) in [4.78, 5) is 26.2. The van der Waals surface area contributed by atoms with Crippen LogP contribution in [0.1, 0.15) is 0 Å². The number of nitrogens with zero attached hydrogens (tertiary/aromatic N) is 6. The molecule has 0 saturated heterocycles. The summed E-state index contributed by atoms with van der Waals surface area (Å²) in [6.45, 7) is 0. The van der Waals surface area contributed by atoms with Crippen molar-refractivity contribution in [2.45, 2.75) is 39.2 Å². The van der Waals surface area contributed by atoms with E-state index in [-0.39, 0.29) is 0 Å². The number of benzene rings is 14. The lowest BCUT2D eigenvalue weighted by atomic mass is 10.1. The van der Waals surface area contributed by atoms with Crippen molar-refractivity contribution < 1.29 is 0 Å². The highest BCUT2D eigenvalue weighted by atomic mass is 32.3. The zero-order valence-corrected chi connectivity index (χ0v) is 53.3. The molecule has 6 nitrogen and oxygen atoms in total. The molecule has 0 aliphatic carbocycles. The van der Waals surface area contributed by atoms with Crippen molar-refractivity contribution in [1.29, 1.82) is 0 Å². The normalized spacial score (nSPS) is 12.3. The summed E-state index contributed by atoms with van der Waals surface area (Å²) in [6, 6.07) is 133. The molecule has 0 saturated carbocycles. The van der Waals surface area contributed by atoms with Crippen LogP contribution in [0.15, 0.2) is 403 Å². The van der Waals surface area contributed by atoms with Gasteiger partial charge in [0.05, 0.1) is 33.1 Å². The number of hydrogen-bond donors (Lipinski definition) is 0. The van der Waals surface area contributed by atoms with Crippen molar-refractivity contribution in [3.8, 4) is 40.1 Å². The Morgan fingerprint density at radius 3 is 0.789 bits per heavy atom. The van der Waals surface area contributed by atoms with Crippen LogP contribution in [-0.2, 0) is 0 Å². The molecule has 4 aromatic heterocycles. The Labute approximate surface area is 553 Å². The van der Waals surface area contributed by atoms with Gasteiger partial charge in [-0.3, -0.25) is 4.57 Å². The van der Waals surface area contributed by atoms with E-state index in [0.717, 1.165) is 66.4 Å². The molecule has 8 heteroatoms. The van der Waals surface area contributed by atoms with Gasteiger partial charge in [-0.25, -0.2) is 4.98 Å². The molecule has 18 aromatic rings. The molecule has 450 valence electrons. The van der Waals surface area contributed by atoms with Crippen LogP contribution in [0.25, 0.3) is 106 Å². The third kappa shape index (κ3) is 9.01. The minimum absolute atomic E-state index is 0.537. The van der Waals surface area contributed by atoms with Crippen molar-refractivity contribution in [3.63, 3.8) is 0 Å². The summed E-state index contributed by atoms with van der Waals surface area (Å²) in [6.07, 6.45) is 0. The summed E-state index contributed by atoms with van der Waals surface area (Å²) in [5.41, 5.74) is 10.4. The van der Waals surface area contributed by atoms with Crippen LogP contribution in [-0.4, -0.2) is 28.7 Å². The smallest absolute Gasteiger partial charge is 0.238 e. The zero-order chi connectivity index (χ0) is 62.9. The highest BCUT2D eigenvalue weighted by molar-refractivity contribution is 8.34. The van der Waals surface area contributed by atoms with Gasteiger partial charge in [0.2, 0.25) is 5.95 Å². The fraction of sp³-hybridized carbons (Fsp3) is 0. The highest BCUT2D eigenvalue weighted by Gasteiger charge is 2.36. The molecule has 0 amide bonds. The van der Waals surface area contributed by atoms with Gasteiger partial charge in [-0.05, 0) is 158 Å². The van der Waals surface area contributed by atoms with Crippen LogP contribution in [0.2, 0.25) is 0 Å². The first-order valence-corrected chi connectivity index (χ1v) is 35.4. The van der Waals surface area contributed by atoms with E-state index in [4.69, 9.17) is 15.0 Å². The lowest BCUT2D eigenvalue weighted by Crippen LogP contribution is -2.06. The Morgan fingerprint density at radius 2 is 0.453 bits per heavy atom. The molecule has 0 spiro atoms. The second-order valence-corrected chi connectivity index (χ2v) is 30.1. The van der Waals surface area contributed by atoms with Gasteiger partial charge < -0.3 is 9.13 Å². The van der Waals surface area contributed by atoms with Gasteiger partial charge in [-0.1, -0.05) is 206 Å². The third-order valence-corrected chi connectivity index (χ3v) is 26.5. The molecule has 4 heterocycles. The highest BCUT2D eigenvalue weighted by Crippen LogP contribution is 2.75. The summed E-state index contributed by atoms with van der Waals surface area (Å²) < 4.78 is 7.16.